The zero-order valence-corrected chi connectivity index (χ0v) is 16.8. The Morgan fingerprint density at radius 1 is 1.15 bits per heavy atom. The molecule has 1 saturated heterocycles. The van der Waals surface area contributed by atoms with Crippen molar-refractivity contribution in [1.82, 2.24) is 4.90 Å². The van der Waals surface area contributed by atoms with Crippen molar-refractivity contribution in [3.63, 3.8) is 0 Å². The van der Waals surface area contributed by atoms with Crippen LogP contribution in [0.15, 0.2) is 12.1 Å². The van der Waals surface area contributed by atoms with E-state index in [1.165, 1.54) is 7.11 Å². The lowest BCUT2D eigenvalue weighted by Gasteiger charge is -2.26. The summed E-state index contributed by atoms with van der Waals surface area (Å²) in [5.74, 6) is 1.44. The number of hydrogen-bond acceptors (Lipinski definition) is 7. The number of carbonyl (C=O) groups excluding carboxylic acids is 1. The first-order chi connectivity index (χ1) is 12.8. The molecule has 0 spiro atoms. The van der Waals surface area contributed by atoms with E-state index in [2.05, 4.69) is 10.2 Å². The van der Waals surface area contributed by atoms with E-state index in [0.717, 1.165) is 32.8 Å². The molecule has 0 unspecified atom stereocenters. The van der Waals surface area contributed by atoms with Gasteiger partial charge in [0.25, 0.3) is 0 Å². The Hall–Kier alpha value is -2.19. The third kappa shape index (κ3) is 6.80. The summed E-state index contributed by atoms with van der Waals surface area (Å²) in [7, 11) is 3.08. The fourth-order valence-electron chi connectivity index (χ4n) is 2.64. The Labute approximate surface area is 160 Å². The molecule has 1 amide bonds. The second-order valence-electron chi connectivity index (χ2n) is 7.14. The van der Waals surface area contributed by atoms with Crippen LogP contribution in [0.5, 0.6) is 17.2 Å². The normalized spacial score (nSPS) is 15.1. The predicted molar refractivity (Wildman–Crippen MR) is 102 cm³/mol. The standard InChI is InChI=1S/C19H30N2O6/c1-19(2,3)27-18(22)20-14-12-15(23-4)17(24-5)16(13-14)26-11-8-21-6-9-25-10-7-21/h12-13H,6-11H2,1-5H3,(H,20,22). The summed E-state index contributed by atoms with van der Waals surface area (Å²) >= 11 is 0. The molecule has 0 aliphatic carbocycles. The molecular weight excluding hydrogens is 352 g/mol. The lowest BCUT2D eigenvalue weighted by Crippen LogP contribution is -2.38. The summed E-state index contributed by atoms with van der Waals surface area (Å²) in [6, 6.07) is 3.36. The minimum absolute atomic E-state index is 0.465. The number of methoxy groups -OCH3 is 2. The Morgan fingerprint density at radius 3 is 2.41 bits per heavy atom. The van der Waals surface area contributed by atoms with E-state index in [1.807, 2.05) is 0 Å². The van der Waals surface area contributed by atoms with Gasteiger partial charge >= 0.3 is 6.09 Å². The summed E-state index contributed by atoms with van der Waals surface area (Å²) in [5.41, 5.74) is -0.0822. The Kier molecular flexibility index (Phi) is 7.55. The third-order valence-corrected chi connectivity index (χ3v) is 3.86. The van der Waals surface area contributed by atoms with Crippen molar-refractivity contribution in [3.05, 3.63) is 12.1 Å². The first-order valence-electron chi connectivity index (χ1n) is 9.01. The molecule has 0 saturated carbocycles. The molecule has 2 rings (SSSR count). The van der Waals surface area contributed by atoms with Gasteiger partial charge < -0.3 is 23.7 Å². The predicted octanol–water partition coefficient (Wildman–Crippen LogP) is 2.76. The van der Waals surface area contributed by atoms with Crippen molar-refractivity contribution in [2.75, 3.05) is 59.0 Å². The minimum atomic E-state index is -0.585. The van der Waals surface area contributed by atoms with Gasteiger partial charge in [-0.2, -0.15) is 0 Å². The number of nitrogens with zero attached hydrogens (tertiary/aromatic N) is 1. The maximum Gasteiger partial charge on any atom is 0.412 e. The third-order valence-electron chi connectivity index (χ3n) is 3.86. The molecule has 1 aromatic rings. The molecule has 1 aromatic carbocycles. The highest BCUT2D eigenvalue weighted by atomic mass is 16.6. The van der Waals surface area contributed by atoms with Gasteiger partial charge in [0.1, 0.15) is 12.2 Å². The van der Waals surface area contributed by atoms with E-state index in [9.17, 15) is 4.79 Å². The number of amides is 1. The maximum absolute atomic E-state index is 12.0. The van der Waals surface area contributed by atoms with Gasteiger partial charge in [0.2, 0.25) is 5.75 Å². The van der Waals surface area contributed by atoms with Crippen molar-refractivity contribution in [2.45, 2.75) is 26.4 Å². The summed E-state index contributed by atoms with van der Waals surface area (Å²) in [6.45, 7) is 9.95. The minimum Gasteiger partial charge on any atom is -0.493 e. The van der Waals surface area contributed by atoms with Crippen LogP contribution in [-0.2, 0) is 9.47 Å². The molecule has 0 atom stereocenters. The van der Waals surface area contributed by atoms with E-state index in [0.29, 0.717) is 29.5 Å². The van der Waals surface area contributed by atoms with Gasteiger partial charge in [0.05, 0.1) is 33.1 Å². The van der Waals surface area contributed by atoms with E-state index < -0.39 is 11.7 Å². The van der Waals surface area contributed by atoms with Crippen LogP contribution >= 0.6 is 0 Å². The van der Waals surface area contributed by atoms with E-state index in [4.69, 9.17) is 23.7 Å². The summed E-state index contributed by atoms with van der Waals surface area (Å²) < 4.78 is 27.3. The van der Waals surface area contributed by atoms with E-state index >= 15 is 0 Å². The van der Waals surface area contributed by atoms with Crippen LogP contribution in [0.3, 0.4) is 0 Å². The molecule has 1 heterocycles. The number of nitrogens with one attached hydrogen (secondary N) is 1. The highest BCUT2D eigenvalue weighted by Crippen LogP contribution is 2.40. The topological polar surface area (TPSA) is 78.5 Å². The number of benzene rings is 1. The molecular formula is C19H30N2O6. The number of ether oxygens (including phenoxy) is 5. The van der Waals surface area contributed by atoms with Gasteiger partial charge in [-0.1, -0.05) is 0 Å². The van der Waals surface area contributed by atoms with Crippen LogP contribution in [0.2, 0.25) is 0 Å². The molecule has 1 fully saturated rings. The van der Waals surface area contributed by atoms with Gasteiger partial charge in [-0.15, -0.1) is 0 Å². The van der Waals surface area contributed by atoms with Gasteiger partial charge in [-0.05, 0) is 20.8 Å². The molecule has 1 N–H and O–H groups in total. The zero-order valence-electron chi connectivity index (χ0n) is 16.8. The first kappa shape index (κ1) is 21.1. The van der Waals surface area contributed by atoms with Crippen molar-refractivity contribution in [3.8, 4) is 17.2 Å². The molecule has 0 aromatic heterocycles. The van der Waals surface area contributed by atoms with Crippen LogP contribution < -0.4 is 19.5 Å². The van der Waals surface area contributed by atoms with Crippen LogP contribution in [0.4, 0.5) is 10.5 Å². The Bertz CT molecular complexity index is 623. The maximum atomic E-state index is 12.0. The largest absolute Gasteiger partial charge is 0.493 e. The number of anilines is 1. The molecule has 0 bridgehead atoms. The van der Waals surface area contributed by atoms with Gasteiger partial charge in [0.15, 0.2) is 11.5 Å². The number of carbonyl (C=O) groups is 1. The molecule has 152 valence electrons. The SMILES string of the molecule is COc1cc(NC(=O)OC(C)(C)C)cc(OCCN2CCOCC2)c1OC. The molecule has 27 heavy (non-hydrogen) atoms. The monoisotopic (exact) mass is 382 g/mol. The Morgan fingerprint density at radius 2 is 1.81 bits per heavy atom. The van der Waals surface area contributed by atoms with Crippen molar-refractivity contribution in [1.29, 1.82) is 0 Å². The molecule has 1 aliphatic heterocycles. The number of hydrogen-bond donors (Lipinski definition) is 1. The van der Waals surface area contributed by atoms with Crippen molar-refractivity contribution >= 4 is 11.8 Å². The number of rotatable bonds is 7. The van der Waals surface area contributed by atoms with E-state index in [-0.39, 0.29) is 0 Å². The van der Waals surface area contributed by atoms with Crippen LogP contribution in [-0.4, -0.2) is 70.3 Å². The average Bonchev–Trinajstić information content (AvgIpc) is 2.60. The first-order valence-corrected chi connectivity index (χ1v) is 9.01. The van der Waals surface area contributed by atoms with Gasteiger partial charge in [-0.25, -0.2) is 4.79 Å². The summed E-state index contributed by atoms with van der Waals surface area (Å²) in [5, 5.41) is 2.70. The second-order valence-corrected chi connectivity index (χ2v) is 7.14. The van der Waals surface area contributed by atoms with Crippen LogP contribution in [0, 0.1) is 0 Å². The fourth-order valence-corrected chi connectivity index (χ4v) is 2.64. The summed E-state index contributed by atoms with van der Waals surface area (Å²) in [4.78, 5) is 14.3. The second kappa shape index (κ2) is 9.66. The highest BCUT2D eigenvalue weighted by molar-refractivity contribution is 5.86. The van der Waals surface area contributed by atoms with Crippen molar-refractivity contribution in [2.24, 2.45) is 0 Å². The molecule has 1 aliphatic rings. The molecule has 8 nitrogen and oxygen atoms in total. The fraction of sp³-hybridized carbons (Fsp3) is 0.632. The quantitative estimate of drug-likeness (QED) is 0.777. The zero-order chi connectivity index (χ0) is 19.9. The molecule has 8 heteroatoms. The summed E-state index contributed by atoms with van der Waals surface area (Å²) in [6.07, 6.45) is -0.547. The lowest BCUT2D eigenvalue weighted by atomic mass is 10.2. The molecule has 0 radical (unpaired) electrons. The van der Waals surface area contributed by atoms with Crippen LogP contribution in [0.1, 0.15) is 20.8 Å². The smallest absolute Gasteiger partial charge is 0.412 e. The Balaban J connectivity index is 2.07. The van der Waals surface area contributed by atoms with Crippen LogP contribution in [0.25, 0.3) is 0 Å². The van der Waals surface area contributed by atoms with Gasteiger partial charge in [0, 0.05) is 31.8 Å². The van der Waals surface area contributed by atoms with Gasteiger partial charge in [-0.3, -0.25) is 10.2 Å². The average molecular weight is 382 g/mol. The van der Waals surface area contributed by atoms with Crippen molar-refractivity contribution < 1.29 is 28.5 Å². The van der Waals surface area contributed by atoms with E-state index in [1.54, 1.807) is 40.0 Å². The number of morpholine rings is 1. The highest BCUT2D eigenvalue weighted by Gasteiger charge is 2.19. The lowest BCUT2D eigenvalue weighted by molar-refractivity contribution is 0.0321.